The number of hydrogen-bond donors (Lipinski definition) is 2. The maximum atomic E-state index is 12.4. The number of esters is 1. The third-order valence-corrected chi connectivity index (χ3v) is 5.80. The molecule has 0 aliphatic heterocycles. The molecule has 206 valence electrons. The summed E-state index contributed by atoms with van der Waals surface area (Å²) >= 11 is 0. The molecule has 0 saturated heterocycles. The highest BCUT2D eigenvalue weighted by atomic mass is 16.5. The lowest BCUT2D eigenvalue weighted by Gasteiger charge is -2.07. The first-order valence-electron chi connectivity index (χ1n) is 13.7. The number of amides is 2. The number of carbonyl (C=O) groups excluding carboxylic acids is 3. The molecule has 2 amide bonds. The normalized spacial score (nSPS) is 10.8. The standard InChI is InChI=1S/C30H41N3O5/c1-3-5-7-8-9-10-11-12-28(34)31-23-29(35)33-32-22-24-13-17-27(18-14-24)38-30(36)25-15-19-26(20-16-25)37-21-6-4-2/h13-20,22H,3-12,21,23H2,1-2H3,(H,31,34)(H,33,35). The average Bonchev–Trinajstić information content (AvgIpc) is 2.93. The first kappa shape index (κ1) is 30.5. The second-order valence-electron chi connectivity index (χ2n) is 9.13. The summed E-state index contributed by atoms with van der Waals surface area (Å²) in [6, 6.07) is 13.6. The summed E-state index contributed by atoms with van der Waals surface area (Å²) in [6.07, 6.45) is 11.9. The molecule has 0 fully saturated rings. The summed E-state index contributed by atoms with van der Waals surface area (Å²) in [4.78, 5) is 36.2. The molecular formula is C30H41N3O5. The second kappa shape index (κ2) is 18.5. The third kappa shape index (κ3) is 13.0. The molecule has 2 rings (SSSR count). The molecule has 2 aromatic carbocycles. The van der Waals surface area contributed by atoms with Gasteiger partial charge in [-0.2, -0.15) is 5.10 Å². The quantitative estimate of drug-likeness (QED) is 0.0845. The van der Waals surface area contributed by atoms with Crippen molar-refractivity contribution in [2.75, 3.05) is 13.2 Å². The molecule has 0 radical (unpaired) electrons. The summed E-state index contributed by atoms with van der Waals surface area (Å²) in [7, 11) is 0. The summed E-state index contributed by atoms with van der Waals surface area (Å²) in [5.74, 6) is 0.119. The van der Waals surface area contributed by atoms with Gasteiger partial charge in [0.1, 0.15) is 11.5 Å². The van der Waals surface area contributed by atoms with Crippen molar-refractivity contribution in [2.45, 2.75) is 78.1 Å². The van der Waals surface area contributed by atoms with Gasteiger partial charge in [-0.3, -0.25) is 9.59 Å². The van der Waals surface area contributed by atoms with Crippen LogP contribution in [0.1, 0.15) is 94.0 Å². The van der Waals surface area contributed by atoms with E-state index < -0.39 is 11.9 Å². The predicted octanol–water partition coefficient (Wildman–Crippen LogP) is 5.79. The number of hydrogen-bond acceptors (Lipinski definition) is 6. The monoisotopic (exact) mass is 523 g/mol. The van der Waals surface area contributed by atoms with Crippen LogP contribution in [0.4, 0.5) is 0 Å². The van der Waals surface area contributed by atoms with Gasteiger partial charge in [0, 0.05) is 6.42 Å². The minimum absolute atomic E-state index is 0.118. The van der Waals surface area contributed by atoms with Crippen LogP contribution >= 0.6 is 0 Å². The van der Waals surface area contributed by atoms with Gasteiger partial charge in [-0.15, -0.1) is 0 Å². The zero-order valence-corrected chi connectivity index (χ0v) is 22.7. The Labute approximate surface area is 226 Å². The van der Waals surface area contributed by atoms with Gasteiger partial charge in [-0.25, -0.2) is 10.2 Å². The Morgan fingerprint density at radius 2 is 1.39 bits per heavy atom. The molecule has 2 aromatic rings. The minimum Gasteiger partial charge on any atom is -0.494 e. The van der Waals surface area contributed by atoms with Crippen LogP contribution in [0.15, 0.2) is 53.6 Å². The second-order valence-corrected chi connectivity index (χ2v) is 9.13. The first-order valence-corrected chi connectivity index (χ1v) is 13.7. The number of carbonyl (C=O) groups is 3. The lowest BCUT2D eigenvalue weighted by Crippen LogP contribution is -2.34. The Morgan fingerprint density at radius 3 is 2.08 bits per heavy atom. The van der Waals surface area contributed by atoms with Crippen LogP contribution < -0.4 is 20.2 Å². The Kier molecular flexibility index (Phi) is 14.9. The fraction of sp³-hybridized carbons (Fsp3) is 0.467. The van der Waals surface area contributed by atoms with E-state index in [0.717, 1.165) is 37.9 Å². The molecule has 0 aliphatic carbocycles. The highest BCUT2D eigenvalue weighted by Crippen LogP contribution is 2.17. The molecule has 38 heavy (non-hydrogen) atoms. The SMILES string of the molecule is CCCCCCCCCC(=O)NCC(=O)NN=Cc1ccc(OC(=O)c2ccc(OCCCC)cc2)cc1. The smallest absolute Gasteiger partial charge is 0.343 e. The van der Waals surface area contributed by atoms with E-state index in [-0.39, 0.29) is 12.5 Å². The van der Waals surface area contributed by atoms with Crippen LogP contribution in [0.3, 0.4) is 0 Å². The number of ether oxygens (including phenoxy) is 2. The van der Waals surface area contributed by atoms with Crippen molar-refractivity contribution in [3.63, 3.8) is 0 Å². The average molecular weight is 524 g/mol. The molecule has 0 atom stereocenters. The maximum absolute atomic E-state index is 12.4. The number of rotatable bonds is 18. The number of nitrogens with one attached hydrogen (secondary N) is 2. The fourth-order valence-corrected chi connectivity index (χ4v) is 3.54. The van der Waals surface area contributed by atoms with Crippen molar-refractivity contribution in [3.05, 3.63) is 59.7 Å². The first-order chi connectivity index (χ1) is 18.5. The predicted molar refractivity (Wildman–Crippen MR) is 150 cm³/mol. The van der Waals surface area contributed by atoms with Crippen molar-refractivity contribution < 1.29 is 23.9 Å². The largest absolute Gasteiger partial charge is 0.494 e. The van der Waals surface area contributed by atoms with Gasteiger partial charge in [0.15, 0.2) is 0 Å². The van der Waals surface area contributed by atoms with E-state index in [9.17, 15) is 14.4 Å². The fourth-order valence-electron chi connectivity index (χ4n) is 3.54. The number of unbranched alkanes of at least 4 members (excludes halogenated alkanes) is 7. The summed E-state index contributed by atoms with van der Waals surface area (Å²) in [5.41, 5.74) is 3.53. The van der Waals surface area contributed by atoms with Crippen molar-refractivity contribution in [3.8, 4) is 11.5 Å². The van der Waals surface area contributed by atoms with Crippen molar-refractivity contribution in [1.29, 1.82) is 0 Å². The Hall–Kier alpha value is -3.68. The lowest BCUT2D eigenvalue weighted by molar-refractivity contribution is -0.126. The van der Waals surface area contributed by atoms with Gasteiger partial charge >= 0.3 is 5.97 Å². The van der Waals surface area contributed by atoms with Gasteiger partial charge in [-0.1, -0.05) is 58.8 Å². The van der Waals surface area contributed by atoms with Gasteiger partial charge in [0.2, 0.25) is 5.91 Å². The molecule has 0 aromatic heterocycles. The van der Waals surface area contributed by atoms with Crippen molar-refractivity contribution in [2.24, 2.45) is 5.10 Å². The molecule has 0 bridgehead atoms. The molecule has 0 spiro atoms. The van der Waals surface area contributed by atoms with Crippen molar-refractivity contribution >= 4 is 24.0 Å². The van der Waals surface area contributed by atoms with E-state index in [2.05, 4.69) is 29.7 Å². The molecule has 2 N–H and O–H groups in total. The lowest BCUT2D eigenvalue weighted by atomic mass is 10.1. The van der Waals surface area contributed by atoms with E-state index in [4.69, 9.17) is 9.47 Å². The van der Waals surface area contributed by atoms with Crippen LogP contribution in [-0.4, -0.2) is 37.1 Å². The molecule has 0 unspecified atom stereocenters. The van der Waals surface area contributed by atoms with Crippen LogP contribution in [0.25, 0.3) is 0 Å². The van der Waals surface area contributed by atoms with E-state index in [1.807, 2.05) is 0 Å². The zero-order chi connectivity index (χ0) is 27.4. The van der Waals surface area contributed by atoms with E-state index in [1.165, 1.54) is 31.9 Å². The van der Waals surface area contributed by atoms with E-state index in [1.54, 1.807) is 48.5 Å². The molecule has 0 heterocycles. The number of benzene rings is 2. The Morgan fingerprint density at radius 1 is 0.763 bits per heavy atom. The summed E-state index contributed by atoms with van der Waals surface area (Å²) in [5, 5.41) is 6.52. The topological polar surface area (TPSA) is 106 Å². The van der Waals surface area contributed by atoms with E-state index >= 15 is 0 Å². The van der Waals surface area contributed by atoms with Crippen LogP contribution in [0.5, 0.6) is 11.5 Å². The van der Waals surface area contributed by atoms with Crippen LogP contribution in [-0.2, 0) is 9.59 Å². The number of nitrogens with zero attached hydrogens (tertiary/aromatic N) is 1. The summed E-state index contributed by atoms with van der Waals surface area (Å²) in [6.45, 7) is 4.82. The van der Waals surface area contributed by atoms with Gasteiger partial charge in [-0.05, 0) is 66.9 Å². The number of hydrazone groups is 1. The molecular weight excluding hydrogens is 482 g/mol. The zero-order valence-electron chi connectivity index (χ0n) is 22.7. The van der Waals surface area contributed by atoms with E-state index in [0.29, 0.717) is 29.9 Å². The molecule has 8 heteroatoms. The molecule has 0 aliphatic rings. The highest BCUT2D eigenvalue weighted by Gasteiger charge is 2.09. The van der Waals surface area contributed by atoms with Crippen LogP contribution in [0.2, 0.25) is 0 Å². The minimum atomic E-state index is -0.465. The molecule has 0 saturated carbocycles. The van der Waals surface area contributed by atoms with Crippen molar-refractivity contribution in [1.82, 2.24) is 10.7 Å². The Bertz CT molecular complexity index is 1000. The maximum Gasteiger partial charge on any atom is 0.343 e. The highest BCUT2D eigenvalue weighted by molar-refractivity contribution is 5.91. The van der Waals surface area contributed by atoms with Crippen LogP contribution in [0, 0.1) is 0 Å². The third-order valence-electron chi connectivity index (χ3n) is 5.80. The summed E-state index contributed by atoms with van der Waals surface area (Å²) < 4.78 is 11.0. The molecule has 8 nitrogen and oxygen atoms in total. The Balaban J connectivity index is 1.65. The van der Waals surface area contributed by atoms with Gasteiger partial charge in [0.05, 0.1) is 24.9 Å². The van der Waals surface area contributed by atoms with Gasteiger partial charge in [0.25, 0.3) is 5.91 Å². The van der Waals surface area contributed by atoms with Gasteiger partial charge < -0.3 is 14.8 Å².